The van der Waals surface area contributed by atoms with Crippen LogP contribution in [0.1, 0.15) is 24.1 Å². The van der Waals surface area contributed by atoms with Crippen molar-refractivity contribution in [2.45, 2.75) is 24.8 Å². The van der Waals surface area contributed by atoms with Crippen LogP contribution in [0.2, 0.25) is 5.02 Å². The van der Waals surface area contributed by atoms with E-state index in [0.717, 1.165) is 5.56 Å². The smallest absolute Gasteiger partial charge is 0.241 e. The highest BCUT2D eigenvalue weighted by molar-refractivity contribution is 7.89. The second-order valence-electron chi connectivity index (χ2n) is 4.49. The molecule has 2 aromatic rings. The van der Waals surface area contributed by atoms with E-state index in [9.17, 15) is 8.42 Å². The SMILES string of the molecule is Cc1c(Cl)cccc1S(=O)(=O)NC(C)c1ccncc1. The van der Waals surface area contributed by atoms with Crippen LogP contribution in [0.4, 0.5) is 0 Å². The average molecular weight is 311 g/mol. The molecule has 0 aliphatic heterocycles. The maximum absolute atomic E-state index is 12.4. The topological polar surface area (TPSA) is 59.1 Å². The first-order valence-corrected chi connectivity index (χ1v) is 7.95. The number of nitrogens with one attached hydrogen (secondary N) is 1. The molecule has 0 spiro atoms. The fourth-order valence-corrected chi connectivity index (χ4v) is 3.63. The van der Waals surface area contributed by atoms with Crippen LogP contribution >= 0.6 is 11.6 Å². The van der Waals surface area contributed by atoms with Gasteiger partial charge in [0.05, 0.1) is 4.90 Å². The Morgan fingerprint density at radius 1 is 1.20 bits per heavy atom. The number of sulfonamides is 1. The van der Waals surface area contributed by atoms with Gasteiger partial charge in [-0.25, -0.2) is 13.1 Å². The second kappa shape index (κ2) is 5.91. The Balaban J connectivity index is 2.30. The summed E-state index contributed by atoms with van der Waals surface area (Å²) in [7, 11) is -3.62. The summed E-state index contributed by atoms with van der Waals surface area (Å²) in [5.74, 6) is 0. The maximum atomic E-state index is 12.4. The van der Waals surface area contributed by atoms with Crippen LogP contribution in [-0.4, -0.2) is 13.4 Å². The number of aromatic nitrogens is 1. The number of halogens is 1. The second-order valence-corrected chi connectivity index (χ2v) is 6.58. The molecule has 0 saturated carbocycles. The van der Waals surface area contributed by atoms with E-state index in [1.54, 1.807) is 56.6 Å². The normalized spacial score (nSPS) is 13.2. The van der Waals surface area contributed by atoms with E-state index >= 15 is 0 Å². The predicted molar refractivity (Wildman–Crippen MR) is 79.2 cm³/mol. The molecular weight excluding hydrogens is 296 g/mol. The molecule has 1 unspecified atom stereocenters. The Morgan fingerprint density at radius 3 is 2.50 bits per heavy atom. The lowest BCUT2D eigenvalue weighted by molar-refractivity contribution is 0.566. The van der Waals surface area contributed by atoms with Crippen LogP contribution in [0.3, 0.4) is 0 Å². The van der Waals surface area contributed by atoms with E-state index in [2.05, 4.69) is 9.71 Å². The van der Waals surface area contributed by atoms with E-state index in [-0.39, 0.29) is 10.9 Å². The van der Waals surface area contributed by atoms with Gasteiger partial charge in [-0.15, -0.1) is 0 Å². The highest BCUT2D eigenvalue weighted by Crippen LogP contribution is 2.24. The highest BCUT2D eigenvalue weighted by Gasteiger charge is 2.21. The Labute approximate surface area is 123 Å². The van der Waals surface area contributed by atoms with E-state index in [1.165, 1.54) is 0 Å². The zero-order valence-electron chi connectivity index (χ0n) is 11.2. The first kappa shape index (κ1) is 15.0. The minimum Gasteiger partial charge on any atom is -0.265 e. The Hall–Kier alpha value is -1.43. The molecule has 0 radical (unpaired) electrons. The Kier molecular flexibility index (Phi) is 4.42. The van der Waals surface area contributed by atoms with Gasteiger partial charge in [0, 0.05) is 23.5 Å². The monoisotopic (exact) mass is 310 g/mol. The van der Waals surface area contributed by atoms with Crippen molar-refractivity contribution >= 4 is 21.6 Å². The van der Waals surface area contributed by atoms with E-state index in [1.807, 2.05) is 0 Å². The number of hydrogen-bond donors (Lipinski definition) is 1. The molecule has 6 heteroatoms. The molecule has 0 aliphatic rings. The Morgan fingerprint density at radius 2 is 1.85 bits per heavy atom. The molecule has 2 rings (SSSR count). The van der Waals surface area contributed by atoms with Gasteiger partial charge >= 0.3 is 0 Å². The van der Waals surface area contributed by atoms with Gasteiger partial charge in [-0.3, -0.25) is 4.98 Å². The quantitative estimate of drug-likeness (QED) is 0.944. The van der Waals surface area contributed by atoms with Crippen LogP contribution in [0.15, 0.2) is 47.6 Å². The molecule has 0 saturated heterocycles. The molecular formula is C14H15ClN2O2S. The van der Waals surface area contributed by atoms with Gasteiger partial charge in [0.2, 0.25) is 10.0 Å². The number of benzene rings is 1. The third-order valence-electron chi connectivity index (χ3n) is 3.05. The summed E-state index contributed by atoms with van der Waals surface area (Å²) >= 11 is 5.97. The molecule has 1 aromatic heterocycles. The largest absolute Gasteiger partial charge is 0.265 e. The summed E-state index contributed by atoms with van der Waals surface area (Å²) in [6.45, 7) is 3.47. The predicted octanol–water partition coefficient (Wildman–Crippen LogP) is 3.08. The molecule has 1 N–H and O–H groups in total. The number of hydrogen-bond acceptors (Lipinski definition) is 3. The standard InChI is InChI=1S/C14H15ClN2O2S/c1-10-13(15)4-3-5-14(10)20(18,19)17-11(2)12-6-8-16-9-7-12/h3-9,11,17H,1-2H3. The third kappa shape index (κ3) is 3.17. The molecule has 106 valence electrons. The van der Waals surface area contributed by atoms with Crippen LogP contribution in [0.25, 0.3) is 0 Å². The molecule has 0 amide bonds. The molecule has 20 heavy (non-hydrogen) atoms. The number of nitrogens with zero attached hydrogens (tertiary/aromatic N) is 1. The fraction of sp³-hybridized carbons (Fsp3) is 0.214. The molecule has 0 fully saturated rings. The summed E-state index contributed by atoms with van der Waals surface area (Å²) in [5.41, 5.74) is 1.40. The van der Waals surface area contributed by atoms with Crippen molar-refractivity contribution in [3.8, 4) is 0 Å². The van der Waals surface area contributed by atoms with Crippen LogP contribution in [0, 0.1) is 6.92 Å². The molecule has 0 bridgehead atoms. The average Bonchev–Trinajstić information content (AvgIpc) is 2.42. The third-order valence-corrected chi connectivity index (χ3v) is 5.14. The van der Waals surface area contributed by atoms with Crippen LogP contribution < -0.4 is 4.72 Å². The van der Waals surface area contributed by atoms with Crippen molar-refractivity contribution in [1.82, 2.24) is 9.71 Å². The maximum Gasteiger partial charge on any atom is 0.241 e. The van der Waals surface area contributed by atoms with Gasteiger partial charge in [0.15, 0.2) is 0 Å². The van der Waals surface area contributed by atoms with E-state index in [0.29, 0.717) is 10.6 Å². The van der Waals surface area contributed by atoms with Crippen LogP contribution in [0.5, 0.6) is 0 Å². The summed E-state index contributed by atoms with van der Waals surface area (Å²) in [5, 5.41) is 0.435. The molecule has 4 nitrogen and oxygen atoms in total. The zero-order chi connectivity index (χ0) is 14.8. The summed E-state index contributed by atoms with van der Waals surface area (Å²) in [6, 6.07) is 8.04. The van der Waals surface area contributed by atoms with Gasteiger partial charge in [-0.2, -0.15) is 0 Å². The minimum atomic E-state index is -3.62. The Bertz CT molecular complexity index is 702. The molecule has 1 heterocycles. The van der Waals surface area contributed by atoms with E-state index < -0.39 is 10.0 Å². The summed E-state index contributed by atoms with van der Waals surface area (Å²) in [6.07, 6.45) is 3.26. The molecule has 1 atom stereocenters. The lowest BCUT2D eigenvalue weighted by atomic mass is 10.1. The lowest BCUT2D eigenvalue weighted by Crippen LogP contribution is -2.27. The minimum absolute atomic E-state index is 0.200. The van der Waals surface area contributed by atoms with Gasteiger partial charge < -0.3 is 0 Å². The van der Waals surface area contributed by atoms with Crippen molar-refractivity contribution in [2.75, 3.05) is 0 Å². The summed E-state index contributed by atoms with van der Waals surface area (Å²) in [4.78, 5) is 4.11. The van der Waals surface area contributed by atoms with Gasteiger partial charge in [-0.05, 0) is 49.2 Å². The van der Waals surface area contributed by atoms with Gasteiger partial charge in [-0.1, -0.05) is 17.7 Å². The van der Waals surface area contributed by atoms with Crippen molar-refractivity contribution in [3.05, 3.63) is 58.9 Å². The molecule has 0 aliphatic carbocycles. The number of rotatable bonds is 4. The lowest BCUT2D eigenvalue weighted by Gasteiger charge is -2.16. The van der Waals surface area contributed by atoms with E-state index in [4.69, 9.17) is 11.6 Å². The fourth-order valence-electron chi connectivity index (χ4n) is 1.90. The van der Waals surface area contributed by atoms with Crippen molar-refractivity contribution < 1.29 is 8.42 Å². The first-order chi connectivity index (χ1) is 9.42. The molecule has 1 aromatic carbocycles. The van der Waals surface area contributed by atoms with Gasteiger partial charge in [0.1, 0.15) is 0 Å². The first-order valence-electron chi connectivity index (χ1n) is 6.09. The van der Waals surface area contributed by atoms with Crippen molar-refractivity contribution in [3.63, 3.8) is 0 Å². The number of pyridine rings is 1. The van der Waals surface area contributed by atoms with Crippen molar-refractivity contribution in [1.29, 1.82) is 0 Å². The van der Waals surface area contributed by atoms with Crippen molar-refractivity contribution in [2.24, 2.45) is 0 Å². The van der Waals surface area contributed by atoms with Crippen LogP contribution in [-0.2, 0) is 10.0 Å². The highest BCUT2D eigenvalue weighted by atomic mass is 35.5. The van der Waals surface area contributed by atoms with Gasteiger partial charge in [0.25, 0.3) is 0 Å². The zero-order valence-corrected chi connectivity index (χ0v) is 12.7. The summed E-state index contributed by atoms with van der Waals surface area (Å²) < 4.78 is 27.4.